The second-order valence-corrected chi connectivity index (χ2v) is 6.97. The van der Waals surface area contributed by atoms with Crippen LogP contribution in [0.2, 0.25) is 0 Å². The minimum Gasteiger partial charge on any atom is -0.393 e. The first kappa shape index (κ1) is 14.6. The normalized spacial score (nSPS) is 37.8. The maximum atomic E-state index is 13.0. The van der Waals surface area contributed by atoms with Gasteiger partial charge in [-0.1, -0.05) is 18.2 Å². The lowest BCUT2D eigenvalue weighted by Gasteiger charge is -2.27. The number of imide groups is 1. The zero-order chi connectivity index (χ0) is 16.6. The monoisotopic (exact) mass is 313 g/mol. The molecule has 3 heterocycles. The molecule has 120 valence electrons. The van der Waals surface area contributed by atoms with Crippen LogP contribution in [0.4, 0.5) is 5.69 Å². The Hall–Kier alpha value is -1.98. The number of carbonyl (C=O) groups is 2. The fraction of sp³-hybridized carbons (Fsp3) is 0.444. The lowest BCUT2D eigenvalue weighted by atomic mass is 9.73. The molecule has 4 atom stereocenters. The highest BCUT2D eigenvalue weighted by Crippen LogP contribution is 2.57. The number of aliphatic hydroxyl groups excluding tert-OH is 1. The van der Waals surface area contributed by atoms with Gasteiger partial charge in [-0.3, -0.25) is 9.59 Å². The maximum absolute atomic E-state index is 13.0. The van der Waals surface area contributed by atoms with Crippen molar-refractivity contribution in [1.29, 1.82) is 0 Å². The molecule has 0 radical (unpaired) electrons. The van der Waals surface area contributed by atoms with Gasteiger partial charge in [-0.15, -0.1) is 0 Å². The van der Waals surface area contributed by atoms with Crippen LogP contribution in [-0.4, -0.2) is 34.7 Å². The van der Waals surface area contributed by atoms with Crippen LogP contribution in [0, 0.1) is 25.7 Å². The maximum Gasteiger partial charge on any atom is 0.241 e. The van der Waals surface area contributed by atoms with Crippen LogP contribution in [0.5, 0.6) is 0 Å². The summed E-state index contributed by atoms with van der Waals surface area (Å²) in [4.78, 5) is 27.2. The van der Waals surface area contributed by atoms with Gasteiger partial charge in [-0.05, 0) is 44.0 Å². The lowest BCUT2D eigenvalue weighted by Crippen LogP contribution is -2.43. The van der Waals surface area contributed by atoms with E-state index in [1.165, 1.54) is 4.90 Å². The standard InChI is InChI=1S/C18H19NO4/c1-10-4-5-12(8-11(10)2)19-15(21)13-14(16(19)22)18(9-20)7-6-17(13,3)23-18/h4-8,13-14,20H,9H2,1-3H3/t13-,14-,17-,18+/m1/s1. The fourth-order valence-electron chi connectivity index (χ4n) is 4.16. The summed E-state index contributed by atoms with van der Waals surface area (Å²) in [6, 6.07) is 5.56. The molecule has 3 aliphatic heterocycles. The van der Waals surface area contributed by atoms with Crippen molar-refractivity contribution in [2.45, 2.75) is 32.0 Å². The van der Waals surface area contributed by atoms with Crippen molar-refractivity contribution in [1.82, 2.24) is 0 Å². The largest absolute Gasteiger partial charge is 0.393 e. The first-order valence-electron chi connectivity index (χ1n) is 7.79. The molecule has 0 spiro atoms. The van der Waals surface area contributed by atoms with Crippen molar-refractivity contribution in [3.63, 3.8) is 0 Å². The van der Waals surface area contributed by atoms with Crippen molar-refractivity contribution in [2.75, 3.05) is 11.5 Å². The number of anilines is 1. The predicted octanol–water partition coefficient (Wildman–Crippen LogP) is 1.50. The van der Waals surface area contributed by atoms with Gasteiger partial charge in [0.2, 0.25) is 11.8 Å². The molecule has 4 rings (SSSR count). The molecule has 5 nitrogen and oxygen atoms in total. The van der Waals surface area contributed by atoms with Crippen molar-refractivity contribution in [3.05, 3.63) is 41.5 Å². The molecule has 2 fully saturated rings. The molecular weight excluding hydrogens is 294 g/mol. The molecule has 1 aromatic carbocycles. The van der Waals surface area contributed by atoms with E-state index in [-0.39, 0.29) is 18.4 Å². The second kappa shape index (κ2) is 4.30. The average molecular weight is 313 g/mol. The number of hydrogen-bond acceptors (Lipinski definition) is 4. The number of fused-ring (bicyclic) bond motifs is 5. The summed E-state index contributed by atoms with van der Waals surface area (Å²) in [6.45, 7) is 5.44. The molecule has 2 amide bonds. The Balaban J connectivity index is 1.81. The summed E-state index contributed by atoms with van der Waals surface area (Å²) in [5.41, 5.74) is 0.834. The van der Waals surface area contributed by atoms with E-state index in [0.29, 0.717) is 5.69 Å². The molecular formula is C18H19NO4. The van der Waals surface area contributed by atoms with Crippen LogP contribution >= 0.6 is 0 Å². The van der Waals surface area contributed by atoms with Gasteiger partial charge in [0.05, 0.1) is 29.7 Å². The van der Waals surface area contributed by atoms with Crippen LogP contribution in [0.1, 0.15) is 18.1 Å². The van der Waals surface area contributed by atoms with Gasteiger partial charge in [0.25, 0.3) is 0 Å². The van der Waals surface area contributed by atoms with E-state index < -0.39 is 23.0 Å². The molecule has 0 aliphatic carbocycles. The van der Waals surface area contributed by atoms with E-state index in [2.05, 4.69) is 0 Å². The molecule has 1 aromatic rings. The Bertz CT molecular complexity index is 770. The van der Waals surface area contributed by atoms with Crippen molar-refractivity contribution >= 4 is 17.5 Å². The summed E-state index contributed by atoms with van der Waals surface area (Å²) in [7, 11) is 0. The minimum absolute atomic E-state index is 0.245. The molecule has 2 bridgehead atoms. The molecule has 2 saturated heterocycles. The SMILES string of the molecule is Cc1ccc(N2C(=O)[C@H]3[C@H](C2=O)[C@@]2(CO)C=C[C@@]3(C)O2)cc1C. The lowest BCUT2D eigenvalue weighted by molar-refractivity contribution is -0.131. The molecule has 5 heteroatoms. The Morgan fingerprint density at radius 1 is 1.13 bits per heavy atom. The third kappa shape index (κ3) is 1.64. The van der Waals surface area contributed by atoms with Crippen LogP contribution in [0.25, 0.3) is 0 Å². The van der Waals surface area contributed by atoms with Gasteiger partial charge < -0.3 is 9.84 Å². The molecule has 23 heavy (non-hydrogen) atoms. The van der Waals surface area contributed by atoms with E-state index >= 15 is 0 Å². The minimum atomic E-state index is -1.07. The zero-order valence-electron chi connectivity index (χ0n) is 13.4. The van der Waals surface area contributed by atoms with Crippen LogP contribution < -0.4 is 4.90 Å². The number of hydrogen-bond donors (Lipinski definition) is 1. The molecule has 1 N–H and O–H groups in total. The number of aliphatic hydroxyl groups is 1. The van der Waals surface area contributed by atoms with Crippen molar-refractivity contribution in [2.24, 2.45) is 11.8 Å². The number of carbonyl (C=O) groups excluding carboxylic acids is 2. The van der Waals surface area contributed by atoms with Crippen LogP contribution in [-0.2, 0) is 14.3 Å². The van der Waals surface area contributed by atoms with Gasteiger partial charge in [0.15, 0.2) is 0 Å². The Morgan fingerprint density at radius 3 is 2.48 bits per heavy atom. The highest BCUT2D eigenvalue weighted by atomic mass is 16.5. The number of nitrogens with zero attached hydrogens (tertiary/aromatic N) is 1. The summed E-state index contributed by atoms with van der Waals surface area (Å²) in [5, 5.41) is 9.79. The van der Waals surface area contributed by atoms with Gasteiger partial charge in [0.1, 0.15) is 5.60 Å². The van der Waals surface area contributed by atoms with E-state index in [1.807, 2.05) is 26.0 Å². The Kier molecular flexibility index (Phi) is 2.73. The first-order valence-corrected chi connectivity index (χ1v) is 7.79. The average Bonchev–Trinajstić information content (AvgIpc) is 3.09. The predicted molar refractivity (Wildman–Crippen MR) is 83.8 cm³/mol. The van der Waals surface area contributed by atoms with Gasteiger partial charge in [-0.25, -0.2) is 4.90 Å². The number of aryl methyl sites for hydroxylation is 2. The molecule has 0 saturated carbocycles. The number of benzene rings is 1. The van der Waals surface area contributed by atoms with E-state index in [0.717, 1.165) is 11.1 Å². The summed E-state index contributed by atoms with van der Waals surface area (Å²) < 4.78 is 5.90. The van der Waals surface area contributed by atoms with Crippen molar-refractivity contribution < 1.29 is 19.4 Å². The van der Waals surface area contributed by atoms with Gasteiger partial charge in [-0.2, -0.15) is 0 Å². The van der Waals surface area contributed by atoms with Crippen LogP contribution in [0.15, 0.2) is 30.4 Å². The Morgan fingerprint density at radius 2 is 1.83 bits per heavy atom. The van der Waals surface area contributed by atoms with Crippen LogP contribution in [0.3, 0.4) is 0 Å². The van der Waals surface area contributed by atoms with E-state index in [4.69, 9.17) is 4.74 Å². The number of rotatable bonds is 2. The Labute approximate surface area is 134 Å². The fourth-order valence-corrected chi connectivity index (χ4v) is 4.16. The third-order valence-corrected chi connectivity index (χ3v) is 5.55. The van der Waals surface area contributed by atoms with Gasteiger partial charge >= 0.3 is 0 Å². The molecule has 3 aliphatic rings. The number of ether oxygens (including phenoxy) is 1. The summed E-state index contributed by atoms with van der Waals surface area (Å²) in [5.74, 6) is -1.76. The molecule has 0 aromatic heterocycles. The molecule has 0 unspecified atom stereocenters. The summed E-state index contributed by atoms with van der Waals surface area (Å²) in [6.07, 6.45) is 3.54. The highest BCUT2D eigenvalue weighted by Gasteiger charge is 2.72. The zero-order valence-corrected chi connectivity index (χ0v) is 13.4. The van der Waals surface area contributed by atoms with E-state index in [1.54, 1.807) is 25.1 Å². The second-order valence-electron chi connectivity index (χ2n) is 6.97. The first-order chi connectivity index (χ1) is 10.8. The third-order valence-electron chi connectivity index (χ3n) is 5.55. The highest BCUT2D eigenvalue weighted by molar-refractivity contribution is 6.23. The number of amides is 2. The van der Waals surface area contributed by atoms with E-state index in [9.17, 15) is 14.7 Å². The summed E-state index contributed by atoms with van der Waals surface area (Å²) >= 11 is 0. The topological polar surface area (TPSA) is 66.8 Å². The van der Waals surface area contributed by atoms with Gasteiger partial charge in [0, 0.05) is 0 Å². The smallest absolute Gasteiger partial charge is 0.241 e. The van der Waals surface area contributed by atoms with Crippen molar-refractivity contribution in [3.8, 4) is 0 Å². The quantitative estimate of drug-likeness (QED) is 0.664.